The number of amides is 3. The van der Waals surface area contributed by atoms with Crippen LogP contribution in [-0.2, 0) is 23.9 Å². The summed E-state index contributed by atoms with van der Waals surface area (Å²) in [6.45, 7) is 3.26. The Labute approximate surface area is 270 Å². The lowest BCUT2D eigenvalue weighted by Gasteiger charge is -2.29. The normalized spacial score (nSPS) is 26.8. The molecule has 5 rings (SSSR count). The first-order chi connectivity index (χ1) is 22.5. The van der Waals surface area contributed by atoms with E-state index in [2.05, 4.69) is 15.8 Å². The van der Waals surface area contributed by atoms with Crippen LogP contribution in [0.5, 0.6) is 0 Å². The number of hydrogen-bond acceptors (Lipinski definition) is 11. The number of nitrogens with one attached hydrogen (secondary N) is 2. The number of ether oxygens (including phenoxy) is 2. The second kappa shape index (κ2) is 14.1. The maximum absolute atomic E-state index is 14.2. The zero-order valence-corrected chi connectivity index (χ0v) is 26.1. The van der Waals surface area contributed by atoms with Gasteiger partial charge in [-0.1, -0.05) is 30.2 Å². The number of aromatic nitrogens is 1. The molecule has 47 heavy (non-hydrogen) atoms. The number of esters is 2. The molecular weight excluding hydrogens is 614 g/mol. The highest BCUT2D eigenvalue weighted by molar-refractivity contribution is 5.99. The molecule has 2 aliphatic heterocycles. The maximum Gasteiger partial charge on any atom is 0.338 e. The number of rotatable bonds is 7. The number of aryl methyl sites for hydroxylation is 1. The molecule has 3 heterocycles. The number of benzene rings is 1. The van der Waals surface area contributed by atoms with Gasteiger partial charge >= 0.3 is 11.9 Å². The van der Waals surface area contributed by atoms with Crippen molar-refractivity contribution in [2.24, 2.45) is 5.92 Å². The Balaban J connectivity index is 1.42. The topological polar surface area (TPSA) is 200 Å². The highest BCUT2D eigenvalue weighted by atomic mass is 16.6. The highest BCUT2D eigenvalue weighted by Crippen LogP contribution is 2.46. The van der Waals surface area contributed by atoms with Crippen LogP contribution >= 0.6 is 0 Å². The van der Waals surface area contributed by atoms with Crippen molar-refractivity contribution in [1.82, 2.24) is 20.7 Å². The number of non-ortho nitro benzene ring substituents is 1. The quantitative estimate of drug-likeness (QED) is 0.193. The molecule has 3 aliphatic rings. The third-order valence-electron chi connectivity index (χ3n) is 8.63. The number of carbonyl (C=O) groups is 5. The van der Waals surface area contributed by atoms with E-state index in [4.69, 9.17) is 14.0 Å². The standard InChI is InChI=1S/C32H37N5O10/c1-3-45-31(42)32-17-21(32)9-7-5-4-6-8-10-24(33-27(38)25-15-19(2)47-35-25)29(40)36-18-23(16-26(36)28(39)34-32)46-30(41)20-11-13-22(14-12-20)37(43)44/h7,9,11-15,21,23-24,26H,3-6,8,10,16-18H2,1-2H3,(H,33,38)(H,34,39)/b9-7-/t21-,23-,24+,26+,32-/m1/s1. The third kappa shape index (κ3) is 7.50. The molecular formula is C32H37N5O10. The van der Waals surface area contributed by atoms with Gasteiger partial charge in [0.25, 0.3) is 11.6 Å². The molecule has 1 aromatic heterocycles. The lowest BCUT2D eigenvalue weighted by atomic mass is 10.0. The Morgan fingerprint density at radius 3 is 2.64 bits per heavy atom. The predicted octanol–water partition coefficient (Wildman–Crippen LogP) is 2.77. The van der Waals surface area contributed by atoms with E-state index in [1.807, 2.05) is 12.2 Å². The number of hydrogen-bond donors (Lipinski definition) is 2. The number of allylic oxidation sites excluding steroid dienone is 1. The van der Waals surface area contributed by atoms with Gasteiger partial charge in [0.05, 0.1) is 23.6 Å². The predicted molar refractivity (Wildman–Crippen MR) is 163 cm³/mol. The van der Waals surface area contributed by atoms with Gasteiger partial charge in [-0.2, -0.15) is 0 Å². The molecule has 1 saturated carbocycles. The molecule has 5 atom stereocenters. The first-order valence-corrected chi connectivity index (χ1v) is 15.7. The van der Waals surface area contributed by atoms with Crippen molar-refractivity contribution in [3.8, 4) is 0 Å². The SMILES string of the molecule is CCOC(=O)[C@@]12C[C@H]1/C=C\CCCCC[C@H](NC(=O)c1cc(C)on1)C(=O)N1C[C@H](OC(=O)c3ccc([N+](=O)[O-])cc3)C[C@H]1C(=O)N2. The van der Waals surface area contributed by atoms with Crippen molar-refractivity contribution < 1.29 is 42.9 Å². The van der Waals surface area contributed by atoms with Gasteiger partial charge in [-0.05, 0) is 51.7 Å². The summed E-state index contributed by atoms with van der Waals surface area (Å²) < 4.78 is 16.0. The van der Waals surface area contributed by atoms with Crippen molar-refractivity contribution in [2.45, 2.75) is 82.5 Å². The summed E-state index contributed by atoms with van der Waals surface area (Å²) in [5, 5.41) is 20.3. The number of nitrogens with zero attached hydrogens (tertiary/aromatic N) is 3. The van der Waals surface area contributed by atoms with Crippen LogP contribution in [0.15, 0.2) is 47.0 Å². The molecule has 0 radical (unpaired) electrons. The van der Waals surface area contributed by atoms with Crippen LogP contribution < -0.4 is 10.6 Å². The molecule has 2 aromatic rings. The van der Waals surface area contributed by atoms with E-state index >= 15 is 0 Å². The molecule has 1 aromatic carbocycles. The van der Waals surface area contributed by atoms with Gasteiger partial charge in [0.1, 0.15) is 29.5 Å². The molecule has 2 N–H and O–H groups in total. The number of nitro groups is 1. The number of nitro benzene ring substituents is 1. The van der Waals surface area contributed by atoms with Crippen molar-refractivity contribution in [1.29, 1.82) is 0 Å². The average Bonchev–Trinajstić information content (AvgIpc) is 3.32. The van der Waals surface area contributed by atoms with Gasteiger partial charge in [0, 0.05) is 30.5 Å². The van der Waals surface area contributed by atoms with Gasteiger partial charge in [-0.25, -0.2) is 9.59 Å². The van der Waals surface area contributed by atoms with Gasteiger partial charge in [-0.3, -0.25) is 24.5 Å². The Bertz CT molecular complexity index is 1570. The van der Waals surface area contributed by atoms with E-state index in [9.17, 15) is 34.1 Å². The summed E-state index contributed by atoms with van der Waals surface area (Å²) in [6.07, 6.45) is 6.39. The molecule has 2 fully saturated rings. The second-order valence-corrected chi connectivity index (χ2v) is 12.0. The lowest BCUT2D eigenvalue weighted by molar-refractivity contribution is -0.384. The van der Waals surface area contributed by atoms with Crippen molar-refractivity contribution >= 4 is 35.3 Å². The average molecular weight is 652 g/mol. The molecule has 3 amide bonds. The maximum atomic E-state index is 14.2. The van der Waals surface area contributed by atoms with Gasteiger partial charge in [0.15, 0.2) is 5.69 Å². The van der Waals surface area contributed by atoms with Crippen LogP contribution in [0.25, 0.3) is 0 Å². The summed E-state index contributed by atoms with van der Waals surface area (Å²) in [5.41, 5.74) is -1.44. The van der Waals surface area contributed by atoms with E-state index in [1.165, 1.54) is 35.2 Å². The summed E-state index contributed by atoms with van der Waals surface area (Å²) in [5.74, 6) is -3.03. The van der Waals surface area contributed by atoms with Gasteiger partial charge < -0.3 is 29.5 Å². The fraction of sp³-hybridized carbons (Fsp3) is 0.500. The summed E-state index contributed by atoms with van der Waals surface area (Å²) >= 11 is 0. The Morgan fingerprint density at radius 2 is 1.96 bits per heavy atom. The molecule has 1 aliphatic carbocycles. The fourth-order valence-electron chi connectivity index (χ4n) is 6.04. The van der Waals surface area contributed by atoms with Crippen molar-refractivity contribution in [3.05, 3.63) is 69.6 Å². The minimum absolute atomic E-state index is 0.00176. The van der Waals surface area contributed by atoms with Gasteiger partial charge in [-0.15, -0.1) is 0 Å². The zero-order chi connectivity index (χ0) is 33.7. The zero-order valence-electron chi connectivity index (χ0n) is 26.1. The van der Waals surface area contributed by atoms with Crippen LogP contribution in [0.1, 0.15) is 78.5 Å². The lowest BCUT2D eigenvalue weighted by Crippen LogP contribution is -2.56. The van der Waals surface area contributed by atoms with E-state index in [0.717, 1.165) is 19.3 Å². The third-order valence-corrected chi connectivity index (χ3v) is 8.63. The first-order valence-electron chi connectivity index (χ1n) is 15.7. The number of carbonyl (C=O) groups excluding carboxylic acids is 5. The van der Waals surface area contributed by atoms with Crippen LogP contribution in [0, 0.1) is 23.0 Å². The van der Waals surface area contributed by atoms with E-state index in [0.29, 0.717) is 18.6 Å². The van der Waals surface area contributed by atoms with E-state index in [-0.39, 0.29) is 48.9 Å². The Morgan fingerprint density at radius 1 is 1.19 bits per heavy atom. The van der Waals surface area contributed by atoms with E-state index in [1.54, 1.807) is 13.8 Å². The smallest absolute Gasteiger partial charge is 0.338 e. The first kappa shape index (κ1) is 33.3. The van der Waals surface area contributed by atoms with Crippen molar-refractivity contribution in [3.63, 3.8) is 0 Å². The summed E-state index contributed by atoms with van der Waals surface area (Å²) in [4.78, 5) is 78.9. The molecule has 0 unspecified atom stereocenters. The minimum Gasteiger partial charge on any atom is -0.464 e. The van der Waals surface area contributed by atoms with Crippen molar-refractivity contribution in [2.75, 3.05) is 13.2 Å². The fourth-order valence-corrected chi connectivity index (χ4v) is 6.04. The molecule has 250 valence electrons. The van der Waals surface area contributed by atoms with E-state index < -0.39 is 58.3 Å². The summed E-state index contributed by atoms with van der Waals surface area (Å²) in [7, 11) is 0. The summed E-state index contributed by atoms with van der Waals surface area (Å²) in [6, 6.07) is 4.12. The molecule has 0 spiro atoms. The molecule has 1 saturated heterocycles. The largest absolute Gasteiger partial charge is 0.464 e. The van der Waals surface area contributed by atoms with Crippen LogP contribution in [0.4, 0.5) is 5.69 Å². The second-order valence-electron chi connectivity index (χ2n) is 12.0. The number of fused-ring (bicyclic) bond motifs is 2. The molecule has 0 bridgehead atoms. The van der Waals surface area contributed by atoms with Crippen LogP contribution in [0.3, 0.4) is 0 Å². The molecule has 15 heteroatoms. The van der Waals surface area contributed by atoms with Gasteiger partial charge in [0.2, 0.25) is 11.8 Å². The monoisotopic (exact) mass is 651 g/mol. The Kier molecular flexibility index (Phi) is 10.0. The minimum atomic E-state index is -1.29. The highest BCUT2D eigenvalue weighted by Gasteiger charge is 2.62. The Hall–Kier alpha value is -5.08. The van der Waals surface area contributed by atoms with Crippen LogP contribution in [0.2, 0.25) is 0 Å². The molecule has 15 nitrogen and oxygen atoms in total. The van der Waals surface area contributed by atoms with Crippen LogP contribution in [-0.4, -0.2) is 81.5 Å².